The van der Waals surface area contributed by atoms with Crippen molar-refractivity contribution in [2.45, 2.75) is 6.92 Å². The van der Waals surface area contributed by atoms with E-state index >= 15 is 0 Å². The van der Waals surface area contributed by atoms with E-state index in [-0.39, 0.29) is 12.5 Å². The second-order valence-electron chi connectivity index (χ2n) is 4.65. The number of hydrogen-bond acceptors (Lipinski definition) is 4. The second-order valence-corrected chi connectivity index (χ2v) is 5.05. The summed E-state index contributed by atoms with van der Waals surface area (Å²) in [5.74, 6) is 0.864. The molecule has 0 atom stereocenters. The SMILES string of the molecule is Cc1nc2ccc(NC(=O)COc3ccccc3Cl)cn2n1. The fourth-order valence-electron chi connectivity index (χ4n) is 1.97. The molecule has 1 aromatic carbocycles. The van der Waals surface area contributed by atoms with Gasteiger partial charge in [0.25, 0.3) is 5.91 Å². The first-order valence-electron chi connectivity index (χ1n) is 6.62. The van der Waals surface area contributed by atoms with E-state index in [1.165, 1.54) is 0 Å². The summed E-state index contributed by atoms with van der Waals surface area (Å²) in [6.45, 7) is 1.68. The van der Waals surface area contributed by atoms with E-state index in [0.29, 0.717) is 22.3 Å². The number of nitrogens with zero attached hydrogens (tertiary/aromatic N) is 3. The summed E-state index contributed by atoms with van der Waals surface area (Å²) in [5.41, 5.74) is 1.34. The number of carbonyl (C=O) groups excluding carboxylic acids is 1. The minimum Gasteiger partial charge on any atom is -0.482 e. The average molecular weight is 317 g/mol. The Bertz CT molecular complexity index is 831. The highest BCUT2D eigenvalue weighted by molar-refractivity contribution is 6.32. The van der Waals surface area contributed by atoms with E-state index in [1.54, 1.807) is 47.1 Å². The lowest BCUT2D eigenvalue weighted by Crippen LogP contribution is -2.20. The van der Waals surface area contributed by atoms with Crippen molar-refractivity contribution in [3.8, 4) is 5.75 Å². The first-order chi connectivity index (χ1) is 10.6. The lowest BCUT2D eigenvalue weighted by Gasteiger charge is -2.08. The Morgan fingerprint density at radius 3 is 2.95 bits per heavy atom. The van der Waals surface area contributed by atoms with Gasteiger partial charge in [0.15, 0.2) is 12.3 Å². The molecule has 0 unspecified atom stereocenters. The van der Waals surface area contributed by atoms with Gasteiger partial charge in [-0.3, -0.25) is 4.79 Å². The summed E-state index contributed by atoms with van der Waals surface area (Å²) in [7, 11) is 0. The van der Waals surface area contributed by atoms with E-state index in [4.69, 9.17) is 16.3 Å². The molecule has 0 spiro atoms. The first kappa shape index (κ1) is 14.3. The van der Waals surface area contributed by atoms with Crippen molar-refractivity contribution in [3.63, 3.8) is 0 Å². The number of aromatic nitrogens is 3. The molecule has 0 aliphatic rings. The van der Waals surface area contributed by atoms with E-state index < -0.39 is 0 Å². The van der Waals surface area contributed by atoms with Crippen LogP contribution < -0.4 is 10.1 Å². The largest absolute Gasteiger partial charge is 0.482 e. The van der Waals surface area contributed by atoms with Gasteiger partial charge in [0, 0.05) is 0 Å². The van der Waals surface area contributed by atoms with Gasteiger partial charge < -0.3 is 10.1 Å². The molecule has 2 heterocycles. The van der Waals surface area contributed by atoms with Crippen LogP contribution in [0.1, 0.15) is 5.82 Å². The molecule has 7 heteroatoms. The van der Waals surface area contributed by atoms with Crippen LogP contribution in [0.3, 0.4) is 0 Å². The summed E-state index contributed by atoms with van der Waals surface area (Å²) >= 11 is 5.96. The number of para-hydroxylation sites is 1. The van der Waals surface area contributed by atoms with Crippen LogP contribution in [0.2, 0.25) is 5.02 Å². The van der Waals surface area contributed by atoms with Gasteiger partial charge in [-0.25, -0.2) is 9.50 Å². The molecular formula is C15H13ClN4O2. The molecule has 1 N–H and O–H groups in total. The number of ether oxygens (including phenoxy) is 1. The number of benzene rings is 1. The molecule has 3 rings (SSSR count). The van der Waals surface area contributed by atoms with E-state index in [2.05, 4.69) is 15.4 Å². The van der Waals surface area contributed by atoms with Crippen molar-refractivity contribution in [1.82, 2.24) is 14.6 Å². The Hall–Kier alpha value is -2.60. The van der Waals surface area contributed by atoms with Crippen LogP contribution in [0.4, 0.5) is 5.69 Å². The van der Waals surface area contributed by atoms with Crippen LogP contribution in [-0.4, -0.2) is 27.1 Å². The lowest BCUT2D eigenvalue weighted by molar-refractivity contribution is -0.118. The molecule has 0 saturated heterocycles. The Morgan fingerprint density at radius 2 is 2.14 bits per heavy atom. The highest BCUT2D eigenvalue weighted by Crippen LogP contribution is 2.22. The molecule has 0 fully saturated rings. The summed E-state index contributed by atoms with van der Waals surface area (Å²) in [4.78, 5) is 16.1. The van der Waals surface area contributed by atoms with Gasteiger partial charge in [0.1, 0.15) is 11.6 Å². The predicted octanol–water partition coefficient (Wildman–Crippen LogP) is 2.71. The number of halogens is 1. The maximum absolute atomic E-state index is 11.9. The fourth-order valence-corrected chi connectivity index (χ4v) is 2.16. The molecule has 112 valence electrons. The molecule has 0 radical (unpaired) electrons. The van der Waals surface area contributed by atoms with Crippen LogP contribution in [0.15, 0.2) is 42.6 Å². The van der Waals surface area contributed by atoms with Gasteiger partial charge in [-0.05, 0) is 31.2 Å². The van der Waals surface area contributed by atoms with Crippen LogP contribution in [0.25, 0.3) is 5.65 Å². The predicted molar refractivity (Wildman–Crippen MR) is 83.3 cm³/mol. The van der Waals surface area contributed by atoms with Crippen molar-refractivity contribution >= 4 is 28.8 Å². The zero-order valence-corrected chi connectivity index (χ0v) is 12.5. The third kappa shape index (κ3) is 3.17. The average Bonchev–Trinajstić information content (AvgIpc) is 2.86. The molecule has 22 heavy (non-hydrogen) atoms. The highest BCUT2D eigenvalue weighted by atomic mass is 35.5. The van der Waals surface area contributed by atoms with E-state index in [0.717, 1.165) is 5.65 Å². The highest BCUT2D eigenvalue weighted by Gasteiger charge is 2.07. The van der Waals surface area contributed by atoms with Crippen molar-refractivity contribution < 1.29 is 9.53 Å². The molecule has 0 bridgehead atoms. The maximum atomic E-state index is 11.9. The summed E-state index contributed by atoms with van der Waals surface area (Å²) in [6, 6.07) is 10.5. The van der Waals surface area contributed by atoms with Crippen LogP contribution in [-0.2, 0) is 4.79 Å². The fraction of sp³-hybridized carbons (Fsp3) is 0.133. The number of carbonyl (C=O) groups is 1. The Kier molecular flexibility index (Phi) is 3.93. The molecular weight excluding hydrogens is 304 g/mol. The monoisotopic (exact) mass is 316 g/mol. The quantitative estimate of drug-likeness (QED) is 0.803. The molecule has 6 nitrogen and oxygen atoms in total. The van der Waals surface area contributed by atoms with E-state index in [9.17, 15) is 4.79 Å². The zero-order chi connectivity index (χ0) is 15.5. The summed E-state index contributed by atoms with van der Waals surface area (Å²) in [6.07, 6.45) is 1.70. The molecule has 0 aliphatic carbocycles. The number of amides is 1. The first-order valence-corrected chi connectivity index (χ1v) is 7.00. The standard InChI is InChI=1S/C15H13ClN4O2/c1-10-17-14-7-6-11(8-20(14)19-10)18-15(21)9-22-13-5-3-2-4-12(13)16/h2-8H,9H2,1H3,(H,18,21). The van der Waals surface area contributed by atoms with Gasteiger partial charge in [-0.15, -0.1) is 0 Å². The zero-order valence-electron chi connectivity index (χ0n) is 11.8. The number of anilines is 1. The van der Waals surface area contributed by atoms with Gasteiger partial charge in [-0.2, -0.15) is 5.10 Å². The smallest absolute Gasteiger partial charge is 0.262 e. The van der Waals surface area contributed by atoms with Crippen LogP contribution in [0, 0.1) is 6.92 Å². The normalized spacial score (nSPS) is 10.6. The molecule has 2 aromatic heterocycles. The number of aryl methyl sites for hydroxylation is 1. The topological polar surface area (TPSA) is 68.5 Å². The summed E-state index contributed by atoms with van der Waals surface area (Å²) < 4.78 is 6.99. The number of nitrogens with one attached hydrogen (secondary N) is 1. The third-order valence-electron chi connectivity index (χ3n) is 2.92. The Labute approximate surface area is 131 Å². The van der Waals surface area contributed by atoms with E-state index in [1.807, 2.05) is 6.92 Å². The van der Waals surface area contributed by atoms with Crippen molar-refractivity contribution in [3.05, 3.63) is 53.4 Å². The van der Waals surface area contributed by atoms with Gasteiger partial charge >= 0.3 is 0 Å². The van der Waals surface area contributed by atoms with Crippen LogP contribution >= 0.6 is 11.6 Å². The third-order valence-corrected chi connectivity index (χ3v) is 3.23. The van der Waals surface area contributed by atoms with Crippen molar-refractivity contribution in [2.24, 2.45) is 0 Å². The van der Waals surface area contributed by atoms with Crippen LogP contribution in [0.5, 0.6) is 5.75 Å². The molecule has 1 amide bonds. The van der Waals surface area contributed by atoms with Gasteiger partial charge in [0.05, 0.1) is 16.9 Å². The molecule has 0 aliphatic heterocycles. The van der Waals surface area contributed by atoms with Crippen molar-refractivity contribution in [2.75, 3.05) is 11.9 Å². The number of fused-ring (bicyclic) bond motifs is 1. The van der Waals surface area contributed by atoms with Crippen molar-refractivity contribution in [1.29, 1.82) is 0 Å². The number of rotatable bonds is 4. The van der Waals surface area contributed by atoms with Gasteiger partial charge in [0.2, 0.25) is 0 Å². The minimum atomic E-state index is -0.281. The number of pyridine rings is 1. The van der Waals surface area contributed by atoms with Gasteiger partial charge in [-0.1, -0.05) is 23.7 Å². The Balaban J connectivity index is 1.64. The molecule has 3 aromatic rings. The maximum Gasteiger partial charge on any atom is 0.262 e. The second kappa shape index (κ2) is 6.03. The Morgan fingerprint density at radius 1 is 1.32 bits per heavy atom. The summed E-state index contributed by atoms with van der Waals surface area (Å²) in [5, 5.41) is 7.40. The minimum absolute atomic E-state index is 0.127. The number of hydrogen-bond donors (Lipinski definition) is 1. The lowest BCUT2D eigenvalue weighted by atomic mass is 10.3. The molecule has 0 saturated carbocycles.